The van der Waals surface area contributed by atoms with Gasteiger partial charge in [-0.1, -0.05) is 0 Å². The van der Waals surface area contributed by atoms with Gasteiger partial charge in [0.1, 0.15) is 23.2 Å². The normalized spacial score (nSPS) is 14.0. The molecule has 0 saturated heterocycles. The van der Waals surface area contributed by atoms with E-state index in [0.29, 0.717) is 17.2 Å². The molecule has 0 aliphatic heterocycles. The second-order valence-corrected chi connectivity index (χ2v) is 6.96. The molecule has 0 saturated carbocycles. The largest absolute Gasteiger partial charge is 0.463 e. The third-order valence-electron chi connectivity index (χ3n) is 3.33. The predicted molar refractivity (Wildman–Crippen MR) is 84.0 cm³/mol. The molecular formula is C15H17N3O4S. The van der Waals surface area contributed by atoms with Crippen LogP contribution in [0.4, 0.5) is 5.69 Å². The van der Waals surface area contributed by atoms with Crippen molar-refractivity contribution in [3.05, 3.63) is 47.4 Å². The molecule has 0 aliphatic rings. The van der Waals surface area contributed by atoms with Crippen LogP contribution in [0.15, 0.2) is 39.6 Å². The fourth-order valence-corrected chi connectivity index (χ4v) is 2.57. The Kier molecular flexibility index (Phi) is 4.47. The molecule has 2 rings (SSSR count). The third-order valence-corrected chi connectivity index (χ3v) is 4.25. The number of hydrogen-bond acceptors (Lipinski definition) is 6. The summed E-state index contributed by atoms with van der Waals surface area (Å²) >= 11 is 0. The quantitative estimate of drug-likeness (QED) is 0.758. The van der Waals surface area contributed by atoms with Crippen LogP contribution in [-0.4, -0.2) is 20.1 Å². The number of nitrogens with two attached hydrogens (primary N) is 1. The fourth-order valence-electron chi connectivity index (χ4n) is 2.03. The average Bonchev–Trinajstić information content (AvgIpc) is 2.91. The van der Waals surface area contributed by atoms with Crippen molar-refractivity contribution in [1.82, 2.24) is 0 Å². The second kappa shape index (κ2) is 6.04. The maximum atomic E-state index is 11.3. The lowest BCUT2D eigenvalue weighted by molar-refractivity contribution is 0.0468. The number of hydrogen-bond donors (Lipinski definition) is 3. The Hall–Kier alpha value is -2.34. The molecule has 7 nitrogen and oxygen atoms in total. The highest BCUT2D eigenvalue weighted by atomic mass is 32.2. The number of aryl methyl sites for hydroxylation is 1. The molecule has 2 aromatic rings. The number of sulfonamides is 1. The van der Waals surface area contributed by atoms with Crippen LogP contribution in [0.1, 0.15) is 24.0 Å². The number of nitrogens with zero attached hydrogens (tertiary/aromatic N) is 1. The van der Waals surface area contributed by atoms with Gasteiger partial charge in [0.25, 0.3) is 0 Å². The summed E-state index contributed by atoms with van der Waals surface area (Å²) in [6.45, 7) is 3.42. The van der Waals surface area contributed by atoms with E-state index in [-0.39, 0.29) is 17.0 Å². The summed E-state index contributed by atoms with van der Waals surface area (Å²) in [6, 6.07) is 9.23. The lowest BCUT2D eigenvalue weighted by atomic mass is 10.0. The molecule has 122 valence electrons. The van der Waals surface area contributed by atoms with Gasteiger partial charge in [0, 0.05) is 0 Å². The van der Waals surface area contributed by atoms with Crippen LogP contribution in [-0.2, 0) is 15.6 Å². The van der Waals surface area contributed by atoms with Crippen molar-refractivity contribution in [3.63, 3.8) is 0 Å². The molecule has 1 aromatic carbocycles. The zero-order valence-electron chi connectivity index (χ0n) is 12.7. The van der Waals surface area contributed by atoms with Gasteiger partial charge in [0.15, 0.2) is 0 Å². The average molecular weight is 335 g/mol. The lowest BCUT2D eigenvalue weighted by Gasteiger charge is -2.22. The number of aliphatic hydroxyl groups is 1. The molecule has 0 aliphatic carbocycles. The van der Waals surface area contributed by atoms with Gasteiger partial charge >= 0.3 is 0 Å². The van der Waals surface area contributed by atoms with E-state index in [9.17, 15) is 13.5 Å². The van der Waals surface area contributed by atoms with Crippen LogP contribution in [0, 0.1) is 18.3 Å². The van der Waals surface area contributed by atoms with Gasteiger partial charge in [0.2, 0.25) is 10.0 Å². The molecule has 4 N–H and O–H groups in total. The molecular weight excluding hydrogens is 318 g/mol. The van der Waals surface area contributed by atoms with Crippen LogP contribution in [0.25, 0.3) is 0 Å². The van der Waals surface area contributed by atoms with Crippen molar-refractivity contribution in [2.24, 2.45) is 5.14 Å². The summed E-state index contributed by atoms with van der Waals surface area (Å²) in [5.74, 6) is 1.07. The maximum absolute atomic E-state index is 11.3. The van der Waals surface area contributed by atoms with Crippen LogP contribution in [0.5, 0.6) is 0 Å². The van der Waals surface area contributed by atoms with Crippen molar-refractivity contribution in [2.75, 3.05) is 11.9 Å². The Morgan fingerprint density at radius 3 is 2.61 bits per heavy atom. The van der Waals surface area contributed by atoms with E-state index in [1.165, 1.54) is 18.2 Å². The van der Waals surface area contributed by atoms with Gasteiger partial charge in [-0.2, -0.15) is 5.26 Å². The molecule has 23 heavy (non-hydrogen) atoms. The maximum Gasteiger partial charge on any atom is 0.238 e. The number of anilines is 1. The summed E-state index contributed by atoms with van der Waals surface area (Å²) in [5.41, 5.74) is -0.786. The molecule has 8 heteroatoms. The minimum atomic E-state index is -3.88. The first-order valence-corrected chi connectivity index (χ1v) is 8.28. The molecule has 0 bridgehead atoms. The number of rotatable bonds is 5. The van der Waals surface area contributed by atoms with E-state index in [1.807, 2.05) is 6.07 Å². The van der Waals surface area contributed by atoms with E-state index < -0.39 is 15.6 Å². The number of nitrogens with one attached hydrogen (secondary N) is 1. The zero-order valence-corrected chi connectivity index (χ0v) is 13.5. The Morgan fingerprint density at radius 2 is 2.09 bits per heavy atom. The topological polar surface area (TPSA) is 129 Å². The van der Waals surface area contributed by atoms with Crippen molar-refractivity contribution in [1.29, 1.82) is 5.26 Å². The number of furan rings is 1. The van der Waals surface area contributed by atoms with Gasteiger partial charge in [-0.3, -0.25) is 0 Å². The highest BCUT2D eigenvalue weighted by Gasteiger charge is 2.27. The summed E-state index contributed by atoms with van der Waals surface area (Å²) in [5, 5.41) is 27.6. The van der Waals surface area contributed by atoms with Gasteiger partial charge in [-0.25, -0.2) is 13.6 Å². The van der Waals surface area contributed by atoms with Crippen molar-refractivity contribution in [2.45, 2.75) is 24.3 Å². The summed E-state index contributed by atoms with van der Waals surface area (Å²) in [7, 11) is -3.88. The Balaban J connectivity index is 2.22. The minimum Gasteiger partial charge on any atom is -0.463 e. The van der Waals surface area contributed by atoms with Crippen LogP contribution < -0.4 is 10.5 Å². The Bertz CT molecular complexity index is 863. The molecule has 0 amide bonds. The first-order valence-electron chi connectivity index (χ1n) is 6.73. The highest BCUT2D eigenvalue weighted by Crippen LogP contribution is 2.25. The lowest BCUT2D eigenvalue weighted by Crippen LogP contribution is -2.30. The van der Waals surface area contributed by atoms with E-state index in [0.717, 1.165) is 0 Å². The smallest absolute Gasteiger partial charge is 0.238 e. The summed E-state index contributed by atoms with van der Waals surface area (Å²) < 4.78 is 28.0. The third kappa shape index (κ3) is 3.90. The highest BCUT2D eigenvalue weighted by molar-refractivity contribution is 7.89. The summed E-state index contributed by atoms with van der Waals surface area (Å²) in [4.78, 5) is -0.145. The SMILES string of the molecule is Cc1ccc(C(C)(O)CNc2ccc(S(N)(=O)=O)cc2C#N)o1. The number of benzene rings is 1. The molecule has 0 fully saturated rings. The molecule has 1 heterocycles. The van der Waals surface area contributed by atoms with E-state index in [2.05, 4.69) is 5.32 Å². The standard InChI is InChI=1S/C15H17N3O4S/c1-10-3-6-14(22-10)15(2,19)9-18-13-5-4-12(23(17,20)21)7-11(13)8-16/h3-7,18-19H,9H2,1-2H3,(H2,17,20,21). The Labute approximate surface area is 134 Å². The fraction of sp³-hybridized carbons (Fsp3) is 0.267. The Morgan fingerprint density at radius 1 is 1.39 bits per heavy atom. The minimum absolute atomic E-state index is 0.0728. The van der Waals surface area contributed by atoms with Gasteiger partial charge in [-0.15, -0.1) is 0 Å². The van der Waals surface area contributed by atoms with Crippen LogP contribution in [0.2, 0.25) is 0 Å². The van der Waals surface area contributed by atoms with Gasteiger partial charge in [0.05, 0.1) is 22.7 Å². The summed E-state index contributed by atoms with van der Waals surface area (Å²) in [6.07, 6.45) is 0. The van der Waals surface area contributed by atoms with Crippen molar-refractivity contribution < 1.29 is 17.9 Å². The second-order valence-electron chi connectivity index (χ2n) is 5.40. The van der Waals surface area contributed by atoms with E-state index >= 15 is 0 Å². The van der Waals surface area contributed by atoms with E-state index in [1.54, 1.807) is 26.0 Å². The number of nitriles is 1. The molecule has 1 aromatic heterocycles. The monoisotopic (exact) mass is 335 g/mol. The molecule has 1 unspecified atom stereocenters. The van der Waals surface area contributed by atoms with Crippen molar-refractivity contribution >= 4 is 15.7 Å². The predicted octanol–water partition coefficient (Wildman–Crippen LogP) is 1.43. The van der Waals surface area contributed by atoms with Gasteiger partial charge < -0.3 is 14.8 Å². The first kappa shape index (κ1) is 17.0. The van der Waals surface area contributed by atoms with E-state index in [4.69, 9.17) is 14.8 Å². The van der Waals surface area contributed by atoms with Gasteiger partial charge in [-0.05, 0) is 44.2 Å². The van der Waals surface area contributed by atoms with Crippen LogP contribution in [0.3, 0.4) is 0 Å². The van der Waals surface area contributed by atoms with Crippen molar-refractivity contribution in [3.8, 4) is 6.07 Å². The van der Waals surface area contributed by atoms with Crippen LogP contribution >= 0.6 is 0 Å². The number of primary sulfonamides is 1. The zero-order chi connectivity index (χ0) is 17.3. The molecule has 0 radical (unpaired) electrons. The molecule has 0 spiro atoms. The molecule has 1 atom stereocenters. The first-order chi connectivity index (χ1) is 10.6.